The van der Waals surface area contributed by atoms with Crippen molar-refractivity contribution in [3.8, 4) is 0 Å². The van der Waals surface area contributed by atoms with Gasteiger partial charge in [-0.15, -0.1) is 0 Å². The second-order valence-corrected chi connectivity index (χ2v) is 12.2. The summed E-state index contributed by atoms with van der Waals surface area (Å²) in [6, 6.07) is 0. The molecule has 0 spiro atoms. The van der Waals surface area contributed by atoms with Crippen LogP contribution in [0.5, 0.6) is 0 Å². The Morgan fingerprint density at radius 2 is 1.74 bits per heavy atom. The van der Waals surface area contributed by atoms with Gasteiger partial charge in [0.15, 0.2) is 0 Å². The number of ether oxygens (including phenoxy) is 4. The molecule has 6 saturated carbocycles. The van der Waals surface area contributed by atoms with E-state index in [1.165, 1.54) is 4.90 Å². The predicted octanol–water partition coefficient (Wildman–Crippen LogP) is -0.441. The van der Waals surface area contributed by atoms with Gasteiger partial charge >= 0.3 is 17.9 Å². The minimum absolute atomic E-state index is 0.0150. The standard InChI is InChI=1S/C26H33NO8/c28-20-14-7-13-8-15(20)12-26(10-13,11-14)25(31)35-22-16-9-17-19(24(30)34-21(17)22)18(16)23(29)33-6-3-27-1-4-32-5-2-27/h13-19,21-22H,1-12H2/p+1. The van der Waals surface area contributed by atoms with E-state index < -0.39 is 29.5 Å². The summed E-state index contributed by atoms with van der Waals surface area (Å²) in [7, 11) is 0. The zero-order valence-electron chi connectivity index (χ0n) is 19.9. The van der Waals surface area contributed by atoms with Crippen molar-refractivity contribution in [2.24, 2.45) is 46.8 Å². The number of esters is 3. The smallest absolute Gasteiger partial charge is 0.312 e. The second kappa shape index (κ2) is 8.00. The molecule has 9 heteroatoms. The summed E-state index contributed by atoms with van der Waals surface area (Å²) >= 11 is 0. The van der Waals surface area contributed by atoms with Gasteiger partial charge in [0.05, 0.1) is 30.5 Å². The molecule has 2 aliphatic heterocycles. The number of ketones is 1. The monoisotopic (exact) mass is 488 g/mol. The van der Waals surface area contributed by atoms with Crippen molar-refractivity contribution < 1.29 is 43.0 Å². The molecule has 0 aromatic heterocycles. The van der Waals surface area contributed by atoms with Gasteiger partial charge in [-0.3, -0.25) is 19.2 Å². The van der Waals surface area contributed by atoms with E-state index in [9.17, 15) is 19.2 Å². The Kier molecular flexibility index (Phi) is 5.08. The molecule has 0 amide bonds. The topological polar surface area (TPSA) is 110 Å². The fourth-order valence-corrected chi connectivity index (χ4v) is 9.02. The summed E-state index contributed by atoms with van der Waals surface area (Å²) in [4.78, 5) is 53.4. The Hall–Kier alpha value is -2.00. The third-order valence-corrected chi connectivity index (χ3v) is 10.4. The number of quaternary nitrogens is 1. The predicted molar refractivity (Wildman–Crippen MR) is 117 cm³/mol. The summed E-state index contributed by atoms with van der Waals surface area (Å²) < 4.78 is 22.9. The van der Waals surface area contributed by atoms with E-state index in [1.54, 1.807) is 0 Å². The molecule has 8 rings (SSSR count). The first kappa shape index (κ1) is 22.2. The van der Waals surface area contributed by atoms with Crippen molar-refractivity contribution in [1.82, 2.24) is 0 Å². The number of fused-ring (bicyclic) bond motifs is 1. The van der Waals surface area contributed by atoms with Crippen LogP contribution in [0.25, 0.3) is 0 Å². The van der Waals surface area contributed by atoms with E-state index in [0.29, 0.717) is 37.6 Å². The molecule has 9 nitrogen and oxygen atoms in total. The highest BCUT2D eigenvalue weighted by atomic mass is 16.6. The third-order valence-electron chi connectivity index (χ3n) is 10.4. The normalized spacial score (nSPS) is 47.3. The first-order valence-electron chi connectivity index (χ1n) is 13.5. The Morgan fingerprint density at radius 1 is 1.00 bits per heavy atom. The van der Waals surface area contributed by atoms with Gasteiger partial charge in [-0.2, -0.15) is 0 Å². The van der Waals surface area contributed by atoms with Crippen LogP contribution >= 0.6 is 0 Å². The number of rotatable bonds is 6. The summed E-state index contributed by atoms with van der Waals surface area (Å²) in [5.41, 5.74) is -0.592. The molecule has 6 bridgehead atoms. The van der Waals surface area contributed by atoms with E-state index in [-0.39, 0.29) is 41.6 Å². The maximum absolute atomic E-state index is 13.6. The average Bonchev–Trinajstić information content (AvgIpc) is 3.46. The Labute approximate surface area is 204 Å². The van der Waals surface area contributed by atoms with Gasteiger partial charge < -0.3 is 23.8 Å². The summed E-state index contributed by atoms with van der Waals surface area (Å²) in [6.07, 6.45) is 3.35. The fraction of sp³-hybridized carbons (Fsp3) is 0.846. The fourth-order valence-electron chi connectivity index (χ4n) is 9.02. The second-order valence-electron chi connectivity index (χ2n) is 12.2. The summed E-state index contributed by atoms with van der Waals surface area (Å²) in [5.74, 6) is -1.68. The Morgan fingerprint density at radius 3 is 2.49 bits per heavy atom. The molecule has 8 fully saturated rings. The van der Waals surface area contributed by atoms with Crippen LogP contribution in [0.1, 0.15) is 38.5 Å². The summed E-state index contributed by atoms with van der Waals surface area (Å²) in [6.45, 7) is 4.26. The highest BCUT2D eigenvalue weighted by Crippen LogP contribution is 2.62. The van der Waals surface area contributed by atoms with Crippen molar-refractivity contribution in [1.29, 1.82) is 0 Å². The molecule has 8 atom stereocenters. The number of carbonyl (C=O) groups is 4. The van der Waals surface area contributed by atoms with Gasteiger partial charge in [0, 0.05) is 23.7 Å². The maximum Gasteiger partial charge on any atom is 0.312 e. The van der Waals surface area contributed by atoms with Crippen LogP contribution < -0.4 is 4.90 Å². The van der Waals surface area contributed by atoms with Crippen LogP contribution in [0, 0.1) is 46.8 Å². The SMILES string of the molecule is O=C1C2CC3CC1CC(C(=O)OC1C4CC5C1OC(=O)C5C4C(=O)OCC[NH+]1CCOCC1)(C3)C2. The quantitative estimate of drug-likeness (QED) is 0.396. The van der Waals surface area contributed by atoms with Crippen LogP contribution in [0.2, 0.25) is 0 Å². The van der Waals surface area contributed by atoms with Crippen molar-refractivity contribution in [3.05, 3.63) is 0 Å². The zero-order chi connectivity index (χ0) is 23.9. The lowest BCUT2D eigenvalue weighted by molar-refractivity contribution is -0.908. The van der Waals surface area contributed by atoms with Gasteiger partial charge in [-0.1, -0.05) is 0 Å². The van der Waals surface area contributed by atoms with Crippen LogP contribution in [0.3, 0.4) is 0 Å². The van der Waals surface area contributed by atoms with Gasteiger partial charge in [-0.25, -0.2) is 0 Å². The van der Waals surface area contributed by atoms with E-state index in [0.717, 1.165) is 52.1 Å². The molecule has 0 aromatic rings. The molecular formula is C26H34NO8+. The van der Waals surface area contributed by atoms with Gasteiger partial charge in [0.1, 0.15) is 44.2 Å². The zero-order valence-corrected chi connectivity index (χ0v) is 19.9. The minimum Gasteiger partial charge on any atom is -0.459 e. The highest BCUT2D eigenvalue weighted by molar-refractivity contribution is 5.90. The molecule has 2 heterocycles. The molecule has 2 saturated heterocycles. The lowest BCUT2D eigenvalue weighted by Crippen LogP contribution is -3.14. The Balaban J connectivity index is 1.04. The Bertz CT molecular complexity index is 941. The van der Waals surface area contributed by atoms with Crippen LogP contribution in [0.15, 0.2) is 0 Å². The summed E-state index contributed by atoms with van der Waals surface area (Å²) in [5, 5.41) is 0. The van der Waals surface area contributed by atoms with Gasteiger partial charge in [-0.05, 0) is 44.4 Å². The van der Waals surface area contributed by atoms with E-state index in [4.69, 9.17) is 18.9 Å². The molecule has 8 unspecified atom stereocenters. The molecule has 190 valence electrons. The minimum atomic E-state index is -0.610. The molecule has 8 aliphatic rings. The van der Waals surface area contributed by atoms with Crippen LogP contribution in [0.4, 0.5) is 0 Å². The van der Waals surface area contributed by atoms with E-state index in [2.05, 4.69) is 0 Å². The molecule has 1 N–H and O–H groups in total. The van der Waals surface area contributed by atoms with E-state index >= 15 is 0 Å². The van der Waals surface area contributed by atoms with Gasteiger partial charge in [0.25, 0.3) is 0 Å². The molecule has 6 aliphatic carbocycles. The van der Waals surface area contributed by atoms with Crippen molar-refractivity contribution >= 4 is 23.7 Å². The van der Waals surface area contributed by atoms with E-state index in [1.807, 2.05) is 0 Å². The lowest BCUT2D eigenvalue weighted by atomic mass is 9.49. The van der Waals surface area contributed by atoms with Crippen molar-refractivity contribution in [2.45, 2.75) is 50.7 Å². The number of carbonyl (C=O) groups excluding carboxylic acids is 4. The van der Waals surface area contributed by atoms with Crippen LogP contribution in [-0.4, -0.2) is 75.4 Å². The largest absolute Gasteiger partial charge is 0.459 e. The average molecular weight is 489 g/mol. The number of hydrogen-bond donors (Lipinski definition) is 1. The highest BCUT2D eigenvalue weighted by Gasteiger charge is 2.71. The molecule has 0 radical (unpaired) electrons. The third kappa shape index (κ3) is 3.33. The number of hydrogen-bond acceptors (Lipinski definition) is 8. The molecule has 0 aromatic carbocycles. The molecular weight excluding hydrogens is 454 g/mol. The first-order chi connectivity index (χ1) is 16.9. The first-order valence-corrected chi connectivity index (χ1v) is 13.5. The van der Waals surface area contributed by atoms with Crippen molar-refractivity contribution in [3.63, 3.8) is 0 Å². The van der Waals surface area contributed by atoms with Crippen LogP contribution in [-0.2, 0) is 38.1 Å². The number of Topliss-reactive ketones (excluding diaryl/α,β-unsaturated/α-hetero) is 1. The molecule has 35 heavy (non-hydrogen) atoms. The van der Waals surface area contributed by atoms with Crippen molar-refractivity contribution in [2.75, 3.05) is 39.5 Å². The maximum atomic E-state index is 13.6. The number of nitrogens with one attached hydrogen (secondary N) is 1. The number of morpholine rings is 1. The van der Waals surface area contributed by atoms with Gasteiger partial charge in [0.2, 0.25) is 0 Å². The lowest BCUT2D eigenvalue weighted by Gasteiger charge is -2.54.